The molecule has 0 aromatic heterocycles. The lowest BCUT2D eigenvalue weighted by Gasteiger charge is -2.08. The number of carbonyl (C=O) groups is 2. The maximum atomic E-state index is 14.0. The summed E-state index contributed by atoms with van der Waals surface area (Å²) in [5, 5.41) is 0. The van der Waals surface area contributed by atoms with Gasteiger partial charge in [-0.1, -0.05) is 30.3 Å². The number of hydrogen-bond donors (Lipinski definition) is 0. The van der Waals surface area contributed by atoms with Gasteiger partial charge in [-0.05, 0) is 19.4 Å². The summed E-state index contributed by atoms with van der Waals surface area (Å²) >= 11 is 0. The second-order valence-electron chi connectivity index (χ2n) is 3.50. The Balaban J connectivity index is 3.23. The van der Waals surface area contributed by atoms with E-state index in [1.54, 1.807) is 32.0 Å². The van der Waals surface area contributed by atoms with E-state index in [1.807, 2.05) is 0 Å². The largest absolute Gasteiger partial charge is 0.462 e. The van der Waals surface area contributed by atoms with Gasteiger partial charge in [-0.2, -0.15) is 4.39 Å². The van der Waals surface area contributed by atoms with Crippen LogP contribution in [0.25, 0.3) is 5.57 Å². The molecule has 0 spiro atoms. The number of halogens is 1. The molecule has 0 radical (unpaired) electrons. The summed E-state index contributed by atoms with van der Waals surface area (Å²) in [6.45, 7) is 3.27. The second kappa shape index (κ2) is 7.31. The zero-order valence-corrected chi connectivity index (χ0v) is 10.8. The van der Waals surface area contributed by atoms with Gasteiger partial charge < -0.3 is 9.47 Å². The van der Waals surface area contributed by atoms with Crippen LogP contribution < -0.4 is 0 Å². The lowest BCUT2D eigenvalue weighted by atomic mass is 10.1. The molecule has 0 heterocycles. The summed E-state index contributed by atoms with van der Waals surface area (Å²) in [4.78, 5) is 23.2. The molecule has 19 heavy (non-hydrogen) atoms. The molecule has 102 valence electrons. The molecule has 0 saturated carbocycles. The number of ether oxygens (including phenoxy) is 2. The molecule has 0 aliphatic carbocycles. The first kappa shape index (κ1) is 14.9. The zero-order chi connectivity index (χ0) is 14.3. The van der Waals surface area contributed by atoms with Gasteiger partial charge in [0, 0.05) is 0 Å². The molecule has 0 atom stereocenters. The third-order valence-corrected chi connectivity index (χ3v) is 2.22. The maximum absolute atomic E-state index is 14.0. The molecule has 0 saturated heterocycles. The van der Waals surface area contributed by atoms with Crippen LogP contribution >= 0.6 is 0 Å². The van der Waals surface area contributed by atoms with Crippen LogP contribution in [-0.2, 0) is 19.1 Å². The van der Waals surface area contributed by atoms with Gasteiger partial charge in [-0.3, -0.25) is 0 Å². The third kappa shape index (κ3) is 3.91. The Bertz CT molecular complexity index is 479. The Morgan fingerprint density at radius 2 is 1.53 bits per heavy atom. The SMILES string of the molecule is CCOC(=O)/C(F)=C(/C(=O)OCC)c1ccccc1. The van der Waals surface area contributed by atoms with Gasteiger partial charge in [0.15, 0.2) is 0 Å². The van der Waals surface area contributed by atoms with E-state index in [0.717, 1.165) is 0 Å². The van der Waals surface area contributed by atoms with E-state index in [-0.39, 0.29) is 18.8 Å². The fraction of sp³-hybridized carbons (Fsp3) is 0.286. The zero-order valence-electron chi connectivity index (χ0n) is 10.8. The lowest BCUT2D eigenvalue weighted by molar-refractivity contribution is -0.141. The minimum absolute atomic E-state index is 0.0249. The van der Waals surface area contributed by atoms with E-state index in [1.165, 1.54) is 12.1 Å². The van der Waals surface area contributed by atoms with Crippen molar-refractivity contribution in [1.82, 2.24) is 0 Å². The first-order valence-electron chi connectivity index (χ1n) is 5.91. The van der Waals surface area contributed by atoms with Gasteiger partial charge in [0.2, 0.25) is 5.83 Å². The molecular weight excluding hydrogens is 251 g/mol. The predicted octanol–water partition coefficient (Wildman–Crippen LogP) is 2.49. The molecule has 0 N–H and O–H groups in total. The van der Waals surface area contributed by atoms with E-state index in [9.17, 15) is 14.0 Å². The van der Waals surface area contributed by atoms with Crippen LogP contribution in [-0.4, -0.2) is 25.2 Å². The van der Waals surface area contributed by atoms with Crippen molar-refractivity contribution >= 4 is 17.5 Å². The van der Waals surface area contributed by atoms with Crippen molar-refractivity contribution in [3.8, 4) is 0 Å². The number of esters is 2. The van der Waals surface area contributed by atoms with Gasteiger partial charge in [0.05, 0.1) is 13.2 Å². The topological polar surface area (TPSA) is 52.6 Å². The molecule has 5 heteroatoms. The van der Waals surface area contributed by atoms with Crippen LogP contribution in [0.15, 0.2) is 36.2 Å². The van der Waals surface area contributed by atoms with E-state index in [2.05, 4.69) is 4.74 Å². The summed E-state index contributed by atoms with van der Waals surface area (Å²) < 4.78 is 23.3. The molecular formula is C14H15FO4. The molecule has 4 nitrogen and oxygen atoms in total. The fourth-order valence-corrected chi connectivity index (χ4v) is 1.44. The Hall–Kier alpha value is -2.17. The van der Waals surface area contributed by atoms with E-state index >= 15 is 0 Å². The summed E-state index contributed by atoms with van der Waals surface area (Å²) in [5.74, 6) is -3.31. The highest BCUT2D eigenvalue weighted by Crippen LogP contribution is 2.22. The standard InChI is InChI=1S/C14H15FO4/c1-3-18-13(16)11(10-8-6-5-7-9-10)12(15)14(17)19-4-2/h5-9H,3-4H2,1-2H3/b12-11-. The molecule has 1 rings (SSSR count). The van der Waals surface area contributed by atoms with Crippen molar-refractivity contribution in [2.45, 2.75) is 13.8 Å². The normalized spacial score (nSPS) is 11.5. The molecule has 0 aliphatic rings. The molecule has 1 aromatic rings. The Morgan fingerprint density at radius 3 is 2.05 bits per heavy atom. The number of hydrogen-bond acceptors (Lipinski definition) is 4. The maximum Gasteiger partial charge on any atom is 0.368 e. The van der Waals surface area contributed by atoms with E-state index < -0.39 is 23.3 Å². The van der Waals surface area contributed by atoms with Crippen molar-refractivity contribution in [1.29, 1.82) is 0 Å². The van der Waals surface area contributed by atoms with Crippen molar-refractivity contribution in [3.05, 3.63) is 41.7 Å². The van der Waals surface area contributed by atoms with Gasteiger partial charge in [0.25, 0.3) is 0 Å². The van der Waals surface area contributed by atoms with Gasteiger partial charge in [-0.15, -0.1) is 0 Å². The Labute approximate surface area is 110 Å². The fourth-order valence-electron chi connectivity index (χ4n) is 1.44. The smallest absolute Gasteiger partial charge is 0.368 e. The number of carbonyl (C=O) groups excluding carboxylic acids is 2. The Morgan fingerprint density at radius 1 is 1.00 bits per heavy atom. The molecule has 0 unspecified atom stereocenters. The highest BCUT2D eigenvalue weighted by molar-refractivity contribution is 6.21. The second-order valence-corrected chi connectivity index (χ2v) is 3.50. The number of benzene rings is 1. The van der Waals surface area contributed by atoms with Crippen molar-refractivity contribution in [2.24, 2.45) is 0 Å². The summed E-state index contributed by atoms with van der Waals surface area (Å²) in [6, 6.07) is 8.02. The van der Waals surface area contributed by atoms with Crippen molar-refractivity contribution < 1.29 is 23.5 Å². The summed E-state index contributed by atoms with van der Waals surface area (Å²) in [5.41, 5.74) is -0.146. The molecule has 0 bridgehead atoms. The van der Waals surface area contributed by atoms with Crippen LogP contribution in [0.2, 0.25) is 0 Å². The predicted molar refractivity (Wildman–Crippen MR) is 67.7 cm³/mol. The highest BCUT2D eigenvalue weighted by atomic mass is 19.1. The van der Waals surface area contributed by atoms with E-state index in [0.29, 0.717) is 0 Å². The summed E-state index contributed by atoms with van der Waals surface area (Å²) in [7, 11) is 0. The molecule has 0 fully saturated rings. The summed E-state index contributed by atoms with van der Waals surface area (Å²) in [6.07, 6.45) is 0. The Kier molecular flexibility index (Phi) is 5.73. The average molecular weight is 266 g/mol. The van der Waals surface area contributed by atoms with Crippen LogP contribution in [0.4, 0.5) is 4.39 Å². The van der Waals surface area contributed by atoms with Crippen LogP contribution in [0.5, 0.6) is 0 Å². The van der Waals surface area contributed by atoms with Gasteiger partial charge in [-0.25, -0.2) is 9.59 Å². The number of rotatable bonds is 5. The molecule has 1 aromatic carbocycles. The van der Waals surface area contributed by atoms with Crippen molar-refractivity contribution in [3.63, 3.8) is 0 Å². The van der Waals surface area contributed by atoms with Gasteiger partial charge >= 0.3 is 11.9 Å². The van der Waals surface area contributed by atoms with Crippen LogP contribution in [0.3, 0.4) is 0 Å². The quantitative estimate of drug-likeness (QED) is 0.607. The molecule has 0 aliphatic heterocycles. The van der Waals surface area contributed by atoms with Crippen LogP contribution in [0.1, 0.15) is 19.4 Å². The van der Waals surface area contributed by atoms with Crippen LogP contribution in [0, 0.1) is 0 Å². The first-order valence-corrected chi connectivity index (χ1v) is 5.91. The highest BCUT2D eigenvalue weighted by Gasteiger charge is 2.24. The third-order valence-electron chi connectivity index (χ3n) is 2.22. The molecule has 0 amide bonds. The van der Waals surface area contributed by atoms with E-state index in [4.69, 9.17) is 4.74 Å². The minimum Gasteiger partial charge on any atom is -0.462 e. The van der Waals surface area contributed by atoms with Gasteiger partial charge in [0.1, 0.15) is 5.57 Å². The average Bonchev–Trinajstić information content (AvgIpc) is 2.40. The lowest BCUT2D eigenvalue weighted by Crippen LogP contribution is -2.14. The minimum atomic E-state index is -1.24. The van der Waals surface area contributed by atoms with Crippen molar-refractivity contribution in [2.75, 3.05) is 13.2 Å². The first-order chi connectivity index (χ1) is 9.11. The monoisotopic (exact) mass is 266 g/mol.